The molecule has 0 saturated heterocycles. The summed E-state index contributed by atoms with van der Waals surface area (Å²) < 4.78 is 38.8. The predicted octanol–water partition coefficient (Wildman–Crippen LogP) is 3.87. The first-order valence-electron chi connectivity index (χ1n) is 4.84. The average molecular weight is 225 g/mol. The third-order valence-corrected chi connectivity index (χ3v) is 2.66. The molecule has 1 heterocycles. The molecule has 0 N–H and O–H groups in total. The number of fused-ring (bicyclic) bond motifs is 1. The molecule has 0 amide bonds. The number of hydrogen-bond acceptors (Lipinski definition) is 1. The third-order valence-electron chi connectivity index (χ3n) is 2.66. The highest BCUT2D eigenvalue weighted by Gasteiger charge is 2.35. The number of pyridine rings is 1. The van der Waals surface area contributed by atoms with Gasteiger partial charge in [-0.2, -0.15) is 13.2 Å². The monoisotopic (exact) mass is 225 g/mol. The van der Waals surface area contributed by atoms with Crippen molar-refractivity contribution in [2.45, 2.75) is 20.0 Å². The van der Waals surface area contributed by atoms with Crippen molar-refractivity contribution in [3.05, 3.63) is 41.1 Å². The van der Waals surface area contributed by atoms with E-state index in [4.69, 9.17) is 0 Å². The van der Waals surface area contributed by atoms with E-state index in [1.165, 1.54) is 13.0 Å². The molecule has 0 radical (unpaired) electrons. The number of rotatable bonds is 0. The van der Waals surface area contributed by atoms with Gasteiger partial charge in [0.2, 0.25) is 0 Å². The molecule has 2 rings (SSSR count). The van der Waals surface area contributed by atoms with Crippen molar-refractivity contribution in [2.75, 3.05) is 0 Å². The number of para-hydroxylation sites is 1. The van der Waals surface area contributed by atoms with E-state index in [1.807, 2.05) is 0 Å². The van der Waals surface area contributed by atoms with Gasteiger partial charge in [0.05, 0.1) is 11.1 Å². The summed E-state index contributed by atoms with van der Waals surface area (Å²) in [5, 5.41) is 0.165. The minimum Gasteiger partial charge on any atom is -0.253 e. The maximum Gasteiger partial charge on any atom is 0.417 e. The largest absolute Gasteiger partial charge is 0.417 e. The van der Waals surface area contributed by atoms with Gasteiger partial charge < -0.3 is 0 Å². The van der Waals surface area contributed by atoms with Gasteiger partial charge in [-0.3, -0.25) is 4.98 Å². The van der Waals surface area contributed by atoms with Crippen molar-refractivity contribution in [1.82, 2.24) is 4.98 Å². The molecule has 4 heteroatoms. The minimum absolute atomic E-state index is 0.165. The fourth-order valence-corrected chi connectivity index (χ4v) is 1.80. The Labute approximate surface area is 90.9 Å². The standard InChI is InChI=1S/C12H10F3N/c1-7-8(2)16-10-6-4-3-5-9(10)11(7)12(13,14)15/h3-6H,1-2H3. The molecular formula is C12H10F3N. The number of alkyl halides is 3. The van der Waals surface area contributed by atoms with Crippen molar-refractivity contribution in [3.8, 4) is 0 Å². The summed E-state index contributed by atoms with van der Waals surface area (Å²) in [7, 11) is 0. The summed E-state index contributed by atoms with van der Waals surface area (Å²) in [6, 6.07) is 6.33. The highest BCUT2D eigenvalue weighted by atomic mass is 19.4. The molecule has 1 aromatic carbocycles. The number of halogens is 3. The van der Waals surface area contributed by atoms with Crippen LogP contribution in [0.5, 0.6) is 0 Å². The van der Waals surface area contributed by atoms with Crippen molar-refractivity contribution in [3.63, 3.8) is 0 Å². The molecule has 0 saturated carbocycles. The lowest BCUT2D eigenvalue weighted by molar-refractivity contribution is -0.136. The van der Waals surface area contributed by atoms with Crippen LogP contribution in [0.1, 0.15) is 16.8 Å². The first-order chi connectivity index (χ1) is 7.41. The van der Waals surface area contributed by atoms with E-state index in [0.29, 0.717) is 11.2 Å². The molecule has 0 spiro atoms. The zero-order valence-electron chi connectivity index (χ0n) is 8.89. The van der Waals surface area contributed by atoms with Gasteiger partial charge in [0.25, 0.3) is 0 Å². The van der Waals surface area contributed by atoms with Gasteiger partial charge in [-0.05, 0) is 25.5 Å². The van der Waals surface area contributed by atoms with E-state index >= 15 is 0 Å². The van der Waals surface area contributed by atoms with E-state index in [1.54, 1.807) is 25.1 Å². The number of hydrogen-bond donors (Lipinski definition) is 0. The molecule has 0 aliphatic rings. The van der Waals surface area contributed by atoms with E-state index < -0.39 is 11.7 Å². The van der Waals surface area contributed by atoms with Crippen molar-refractivity contribution in [2.24, 2.45) is 0 Å². The van der Waals surface area contributed by atoms with Gasteiger partial charge in [0, 0.05) is 11.1 Å². The number of nitrogens with zero attached hydrogens (tertiary/aromatic N) is 1. The Morgan fingerprint density at radius 3 is 2.31 bits per heavy atom. The van der Waals surface area contributed by atoms with E-state index in [0.717, 1.165) is 0 Å². The molecule has 0 fully saturated rings. The second-order valence-corrected chi connectivity index (χ2v) is 3.71. The van der Waals surface area contributed by atoms with Crippen LogP contribution in [0.25, 0.3) is 10.9 Å². The molecule has 1 nitrogen and oxygen atoms in total. The Hall–Kier alpha value is -1.58. The Morgan fingerprint density at radius 1 is 1.06 bits per heavy atom. The summed E-state index contributed by atoms with van der Waals surface area (Å²) in [6.07, 6.45) is -4.34. The Morgan fingerprint density at radius 2 is 1.69 bits per heavy atom. The van der Waals surface area contributed by atoms with Crippen LogP contribution < -0.4 is 0 Å². The molecule has 16 heavy (non-hydrogen) atoms. The quantitative estimate of drug-likeness (QED) is 0.663. The molecule has 84 valence electrons. The normalized spacial score (nSPS) is 12.1. The van der Waals surface area contributed by atoms with Crippen LogP contribution in [0.3, 0.4) is 0 Å². The lowest BCUT2D eigenvalue weighted by Crippen LogP contribution is -2.10. The Balaban J connectivity index is 2.93. The fourth-order valence-electron chi connectivity index (χ4n) is 1.80. The number of aromatic nitrogens is 1. The van der Waals surface area contributed by atoms with Crippen molar-refractivity contribution >= 4 is 10.9 Å². The van der Waals surface area contributed by atoms with E-state index in [9.17, 15) is 13.2 Å². The second kappa shape index (κ2) is 3.47. The van der Waals surface area contributed by atoms with Gasteiger partial charge in [-0.25, -0.2) is 0 Å². The predicted molar refractivity (Wildman–Crippen MR) is 56.2 cm³/mol. The fraction of sp³-hybridized carbons (Fsp3) is 0.250. The molecule has 0 bridgehead atoms. The van der Waals surface area contributed by atoms with Crippen LogP contribution in [-0.2, 0) is 6.18 Å². The van der Waals surface area contributed by atoms with Crippen LogP contribution >= 0.6 is 0 Å². The minimum atomic E-state index is -4.34. The highest BCUT2D eigenvalue weighted by molar-refractivity contribution is 5.84. The van der Waals surface area contributed by atoms with Crippen molar-refractivity contribution in [1.29, 1.82) is 0 Å². The van der Waals surface area contributed by atoms with Crippen LogP contribution in [-0.4, -0.2) is 4.98 Å². The summed E-state index contributed by atoms with van der Waals surface area (Å²) >= 11 is 0. The summed E-state index contributed by atoms with van der Waals surface area (Å²) in [5.41, 5.74) is 0.436. The maximum absolute atomic E-state index is 12.9. The zero-order chi connectivity index (χ0) is 11.9. The Bertz CT molecular complexity index is 544. The van der Waals surface area contributed by atoms with Gasteiger partial charge in [-0.1, -0.05) is 18.2 Å². The molecule has 0 aliphatic heterocycles. The molecule has 2 aromatic rings. The summed E-state index contributed by atoms with van der Waals surface area (Å²) in [4.78, 5) is 4.15. The van der Waals surface area contributed by atoms with Crippen LogP contribution in [0.15, 0.2) is 24.3 Å². The Kier molecular flexibility index (Phi) is 2.37. The SMILES string of the molecule is Cc1nc2ccccc2c(C(F)(F)F)c1C. The first kappa shape index (κ1) is 10.9. The second-order valence-electron chi connectivity index (χ2n) is 3.71. The van der Waals surface area contributed by atoms with Gasteiger partial charge in [0.15, 0.2) is 0 Å². The third kappa shape index (κ3) is 1.64. The first-order valence-corrected chi connectivity index (χ1v) is 4.84. The molecule has 1 aromatic heterocycles. The zero-order valence-corrected chi connectivity index (χ0v) is 8.89. The number of benzene rings is 1. The number of aryl methyl sites for hydroxylation is 1. The van der Waals surface area contributed by atoms with Crippen molar-refractivity contribution < 1.29 is 13.2 Å². The molecular weight excluding hydrogens is 215 g/mol. The van der Waals surface area contributed by atoms with Crippen LogP contribution in [0, 0.1) is 13.8 Å². The molecule has 0 unspecified atom stereocenters. The lowest BCUT2D eigenvalue weighted by Gasteiger charge is -2.14. The van der Waals surface area contributed by atoms with E-state index in [-0.39, 0.29) is 10.9 Å². The smallest absolute Gasteiger partial charge is 0.253 e. The molecule has 0 aliphatic carbocycles. The lowest BCUT2D eigenvalue weighted by atomic mass is 10.0. The van der Waals surface area contributed by atoms with Gasteiger partial charge in [0.1, 0.15) is 0 Å². The summed E-state index contributed by atoms with van der Waals surface area (Å²) in [5.74, 6) is 0. The summed E-state index contributed by atoms with van der Waals surface area (Å²) in [6.45, 7) is 3.05. The topological polar surface area (TPSA) is 12.9 Å². The van der Waals surface area contributed by atoms with E-state index in [2.05, 4.69) is 4.98 Å². The average Bonchev–Trinajstić information content (AvgIpc) is 2.17. The molecule has 0 atom stereocenters. The maximum atomic E-state index is 12.9. The van der Waals surface area contributed by atoms with Crippen LogP contribution in [0.2, 0.25) is 0 Å². The highest BCUT2D eigenvalue weighted by Crippen LogP contribution is 2.37. The van der Waals surface area contributed by atoms with Gasteiger partial charge >= 0.3 is 6.18 Å². The van der Waals surface area contributed by atoms with Gasteiger partial charge in [-0.15, -0.1) is 0 Å². The van der Waals surface area contributed by atoms with Crippen LogP contribution in [0.4, 0.5) is 13.2 Å².